The van der Waals surface area contributed by atoms with Crippen molar-refractivity contribution in [3.05, 3.63) is 34.9 Å². The van der Waals surface area contributed by atoms with Gasteiger partial charge in [-0.15, -0.1) is 23.5 Å². The van der Waals surface area contributed by atoms with Crippen LogP contribution in [0.15, 0.2) is 12.1 Å². The fraction of sp³-hybridized carbons (Fsp3) is 0.750. The lowest BCUT2D eigenvalue weighted by Crippen LogP contribution is -2.19. The van der Waals surface area contributed by atoms with Crippen molar-refractivity contribution in [2.24, 2.45) is 11.8 Å². The topological polar surface area (TPSA) is 0 Å². The SMILES string of the molecule is CCCCCC1CSC(CCC2CCC(c3cc(F)c(C(F)(F)Br)c(F)c3)CC2)SC1. The number of thioether (sulfide) groups is 2. The Morgan fingerprint density at radius 2 is 1.52 bits per heavy atom. The summed E-state index contributed by atoms with van der Waals surface area (Å²) in [7, 11) is 0. The van der Waals surface area contributed by atoms with Crippen LogP contribution in [0.2, 0.25) is 0 Å². The van der Waals surface area contributed by atoms with Gasteiger partial charge in [0.15, 0.2) is 0 Å². The van der Waals surface area contributed by atoms with Crippen LogP contribution in [0.3, 0.4) is 0 Å². The Labute approximate surface area is 201 Å². The number of rotatable bonds is 9. The molecule has 0 atom stereocenters. The molecule has 31 heavy (non-hydrogen) atoms. The first kappa shape index (κ1) is 25.7. The highest BCUT2D eigenvalue weighted by Gasteiger charge is 2.35. The minimum Gasteiger partial charge on any atom is -0.206 e. The zero-order valence-corrected chi connectivity index (χ0v) is 21.4. The smallest absolute Gasteiger partial charge is 0.206 e. The maximum Gasteiger partial charge on any atom is 0.332 e. The molecule has 1 aromatic rings. The van der Waals surface area contributed by atoms with Crippen LogP contribution in [0, 0.1) is 23.5 Å². The van der Waals surface area contributed by atoms with E-state index in [4.69, 9.17) is 0 Å². The zero-order chi connectivity index (χ0) is 22.4. The summed E-state index contributed by atoms with van der Waals surface area (Å²) in [5.74, 6) is 1.87. The summed E-state index contributed by atoms with van der Waals surface area (Å²) in [6, 6.07) is 2.20. The van der Waals surface area contributed by atoms with E-state index in [-0.39, 0.29) is 5.92 Å². The van der Waals surface area contributed by atoms with Crippen molar-refractivity contribution in [1.82, 2.24) is 0 Å². The van der Waals surface area contributed by atoms with Crippen molar-refractivity contribution in [1.29, 1.82) is 0 Å². The summed E-state index contributed by atoms with van der Waals surface area (Å²) in [4.78, 5) is -3.69. The summed E-state index contributed by atoms with van der Waals surface area (Å²) >= 11 is 6.34. The van der Waals surface area contributed by atoms with Crippen molar-refractivity contribution in [3.63, 3.8) is 0 Å². The Bertz CT molecular complexity index is 670. The number of hydrogen-bond acceptors (Lipinski definition) is 2. The van der Waals surface area contributed by atoms with Crippen molar-refractivity contribution >= 4 is 39.5 Å². The van der Waals surface area contributed by atoms with E-state index in [1.54, 1.807) is 0 Å². The van der Waals surface area contributed by atoms with Crippen LogP contribution >= 0.6 is 39.5 Å². The second-order valence-corrected chi connectivity index (χ2v) is 12.9. The van der Waals surface area contributed by atoms with Crippen molar-refractivity contribution in [3.8, 4) is 0 Å². The van der Waals surface area contributed by atoms with Gasteiger partial charge < -0.3 is 0 Å². The van der Waals surface area contributed by atoms with Crippen molar-refractivity contribution < 1.29 is 17.6 Å². The van der Waals surface area contributed by atoms with Gasteiger partial charge >= 0.3 is 4.83 Å². The molecule has 0 spiro atoms. The van der Waals surface area contributed by atoms with Crippen molar-refractivity contribution in [2.75, 3.05) is 11.5 Å². The van der Waals surface area contributed by atoms with Gasteiger partial charge in [-0.1, -0.05) is 26.2 Å². The van der Waals surface area contributed by atoms with Gasteiger partial charge in [0, 0.05) is 0 Å². The van der Waals surface area contributed by atoms with E-state index in [1.807, 2.05) is 0 Å². The summed E-state index contributed by atoms with van der Waals surface area (Å²) in [6.45, 7) is 2.26. The van der Waals surface area contributed by atoms with E-state index in [1.165, 1.54) is 50.0 Å². The molecule has 2 aliphatic rings. The highest BCUT2D eigenvalue weighted by Crippen LogP contribution is 2.44. The average Bonchev–Trinajstić information content (AvgIpc) is 2.72. The molecule has 1 heterocycles. The van der Waals surface area contributed by atoms with Gasteiger partial charge in [0.2, 0.25) is 0 Å². The first-order chi connectivity index (χ1) is 14.8. The molecule has 1 aliphatic heterocycles. The maximum absolute atomic E-state index is 14.1. The lowest BCUT2D eigenvalue weighted by atomic mass is 9.77. The van der Waals surface area contributed by atoms with E-state index >= 15 is 0 Å². The van der Waals surface area contributed by atoms with E-state index < -0.39 is 22.0 Å². The van der Waals surface area contributed by atoms with E-state index in [2.05, 4.69) is 46.4 Å². The van der Waals surface area contributed by atoms with Crippen molar-refractivity contribution in [2.45, 2.75) is 86.5 Å². The minimum atomic E-state index is -3.69. The number of alkyl halides is 3. The molecule has 0 N–H and O–H groups in total. The molecule has 1 aliphatic carbocycles. The Hall–Kier alpha value is 0.120. The molecule has 1 saturated carbocycles. The molecule has 0 nitrogen and oxygen atoms in total. The van der Waals surface area contributed by atoms with Gasteiger partial charge in [0.1, 0.15) is 17.2 Å². The average molecular weight is 542 g/mol. The molecule has 0 radical (unpaired) electrons. The Kier molecular flexibility index (Phi) is 9.97. The lowest BCUT2D eigenvalue weighted by Gasteiger charge is -2.32. The highest BCUT2D eigenvalue weighted by molar-refractivity contribution is 9.09. The second kappa shape index (κ2) is 12.0. The minimum absolute atomic E-state index is 0.0561. The van der Waals surface area contributed by atoms with E-state index in [0.717, 1.165) is 43.7 Å². The first-order valence-electron chi connectivity index (χ1n) is 11.6. The number of unbranched alkanes of at least 4 members (excludes halogenated alkanes) is 2. The fourth-order valence-corrected chi connectivity index (χ4v) is 8.39. The molecule has 1 aromatic carbocycles. The van der Waals surface area contributed by atoms with E-state index in [9.17, 15) is 17.6 Å². The maximum atomic E-state index is 14.1. The summed E-state index contributed by atoms with van der Waals surface area (Å²) < 4.78 is 55.7. The van der Waals surface area contributed by atoms with Gasteiger partial charge in [-0.2, -0.15) is 8.78 Å². The fourth-order valence-electron chi connectivity index (χ4n) is 4.85. The Morgan fingerprint density at radius 1 is 0.903 bits per heavy atom. The molecule has 0 unspecified atom stereocenters. The van der Waals surface area contributed by atoms with Crippen LogP contribution in [0.25, 0.3) is 0 Å². The monoisotopic (exact) mass is 540 g/mol. The largest absolute Gasteiger partial charge is 0.332 e. The lowest BCUT2D eigenvalue weighted by molar-refractivity contribution is 0.105. The Balaban J connectivity index is 1.41. The predicted octanol–water partition coefficient (Wildman–Crippen LogP) is 9.47. The van der Waals surface area contributed by atoms with Gasteiger partial charge in [0.25, 0.3) is 0 Å². The number of hydrogen-bond donors (Lipinski definition) is 0. The Morgan fingerprint density at radius 3 is 2.06 bits per heavy atom. The zero-order valence-electron chi connectivity index (χ0n) is 18.2. The van der Waals surface area contributed by atoms with Gasteiger partial charge in [-0.25, -0.2) is 8.78 Å². The molecule has 0 amide bonds. The molecular formula is C24H33BrF4S2. The number of halogens is 5. The molecule has 176 valence electrons. The van der Waals surface area contributed by atoms with Gasteiger partial charge in [-0.3, -0.25) is 0 Å². The molecule has 0 aromatic heterocycles. The molecule has 0 bridgehead atoms. The molecule has 2 fully saturated rings. The van der Waals surface area contributed by atoms with Crippen LogP contribution in [0.4, 0.5) is 17.6 Å². The molecule has 1 saturated heterocycles. The first-order valence-corrected chi connectivity index (χ1v) is 14.5. The third-order valence-electron chi connectivity index (χ3n) is 6.73. The third kappa shape index (κ3) is 7.56. The summed E-state index contributed by atoms with van der Waals surface area (Å²) in [5.41, 5.74) is -0.679. The highest BCUT2D eigenvalue weighted by atomic mass is 79.9. The standard InChI is InChI=1S/C24H33BrF4S2/c1-2-3-4-5-17-14-30-22(31-15-17)11-8-16-6-9-18(10-7-16)19-12-20(26)23(21(27)13-19)24(25,28)29/h12-13,16-18,22H,2-11,14-15H2,1H3. The molecular weight excluding hydrogens is 508 g/mol. The summed E-state index contributed by atoms with van der Waals surface area (Å²) in [6.07, 6.45) is 11.7. The van der Waals surface area contributed by atoms with Crippen LogP contribution in [-0.4, -0.2) is 16.1 Å². The van der Waals surface area contributed by atoms with Gasteiger partial charge in [0.05, 0.1) is 4.58 Å². The van der Waals surface area contributed by atoms with E-state index in [0.29, 0.717) is 16.1 Å². The molecule has 7 heteroatoms. The number of benzene rings is 1. The van der Waals surface area contributed by atoms with Crippen LogP contribution < -0.4 is 0 Å². The predicted molar refractivity (Wildman–Crippen MR) is 129 cm³/mol. The quantitative estimate of drug-likeness (QED) is 0.174. The van der Waals surface area contributed by atoms with Gasteiger partial charge in [-0.05, 0) is 108 Å². The van der Waals surface area contributed by atoms with Crippen LogP contribution in [0.1, 0.15) is 88.2 Å². The van der Waals surface area contributed by atoms with Crippen LogP contribution in [0.5, 0.6) is 0 Å². The third-order valence-corrected chi connectivity index (χ3v) is 10.5. The molecule has 3 rings (SSSR count). The normalized spacial score (nSPS) is 27.4. The summed E-state index contributed by atoms with van der Waals surface area (Å²) in [5, 5.41) is 0. The second-order valence-electron chi connectivity index (χ2n) is 9.11. The van der Waals surface area contributed by atoms with Crippen LogP contribution in [-0.2, 0) is 4.83 Å².